The number of fused-ring (bicyclic) bond motifs is 3. The van der Waals surface area contributed by atoms with Crippen LogP contribution in [0.3, 0.4) is 0 Å². The maximum Gasteiger partial charge on any atom is 0.183 e. The number of halogens is 2. The fourth-order valence-electron chi connectivity index (χ4n) is 5.49. The molecular weight excluding hydrogens is 471 g/mol. The fraction of sp³-hybridized carbons (Fsp3) is 0.480. The van der Waals surface area contributed by atoms with Crippen molar-refractivity contribution in [3.05, 3.63) is 58.5 Å². The van der Waals surface area contributed by atoms with E-state index in [2.05, 4.69) is 36.6 Å². The number of anilines is 1. The maximum atomic E-state index is 13.8. The Bertz CT molecular complexity index is 1220. The van der Waals surface area contributed by atoms with Crippen molar-refractivity contribution in [3.63, 3.8) is 0 Å². The van der Waals surface area contributed by atoms with Gasteiger partial charge in [-0.15, -0.1) is 10.2 Å². The van der Waals surface area contributed by atoms with Crippen LogP contribution in [0.25, 0.3) is 5.69 Å². The Morgan fingerprint density at radius 3 is 2.74 bits per heavy atom. The summed E-state index contributed by atoms with van der Waals surface area (Å²) < 4.78 is 26.9. The van der Waals surface area contributed by atoms with Crippen LogP contribution in [0.4, 0.5) is 10.2 Å². The standard InChI is InChI=1S/C25H28ClFN6O2/c1-34-22-11-23(28-12-20(22)27)31-7-4-16(5-8-31)25-30-29-24-14-32(19-6-9-35-15-19)13-17-10-18(26)2-3-21(17)33(24)25/h2-3,10-12,16,19H,4-9,13-15H2,1H3/t19-/m0/s1. The Balaban J connectivity index is 1.28. The number of hydrogen-bond donors (Lipinski definition) is 0. The lowest BCUT2D eigenvalue weighted by Gasteiger charge is -2.32. The summed E-state index contributed by atoms with van der Waals surface area (Å²) in [5.41, 5.74) is 2.29. The van der Waals surface area contributed by atoms with Crippen LogP contribution in [0.15, 0.2) is 30.5 Å². The first-order valence-electron chi connectivity index (χ1n) is 12.1. The van der Waals surface area contributed by atoms with E-state index in [4.69, 9.17) is 26.2 Å². The number of piperidine rings is 1. The second-order valence-corrected chi connectivity index (χ2v) is 9.88. The molecule has 10 heteroatoms. The Labute approximate surface area is 208 Å². The van der Waals surface area contributed by atoms with Gasteiger partial charge in [0, 0.05) is 49.3 Å². The number of ether oxygens (including phenoxy) is 2. The molecule has 6 rings (SSSR count). The van der Waals surface area contributed by atoms with Crippen molar-refractivity contribution in [2.24, 2.45) is 0 Å². The summed E-state index contributed by atoms with van der Waals surface area (Å²) in [4.78, 5) is 8.89. The molecule has 2 fully saturated rings. The van der Waals surface area contributed by atoms with Crippen LogP contribution >= 0.6 is 11.6 Å². The van der Waals surface area contributed by atoms with E-state index in [1.165, 1.54) is 18.9 Å². The van der Waals surface area contributed by atoms with Crippen molar-refractivity contribution >= 4 is 17.4 Å². The molecule has 3 aliphatic heterocycles. The summed E-state index contributed by atoms with van der Waals surface area (Å²) in [6.07, 6.45) is 4.06. The minimum Gasteiger partial charge on any atom is -0.493 e. The Morgan fingerprint density at radius 1 is 1.11 bits per heavy atom. The van der Waals surface area contributed by atoms with Crippen molar-refractivity contribution < 1.29 is 13.9 Å². The average molecular weight is 499 g/mol. The summed E-state index contributed by atoms with van der Waals surface area (Å²) in [6, 6.07) is 8.14. The molecule has 8 nitrogen and oxygen atoms in total. The van der Waals surface area contributed by atoms with E-state index in [9.17, 15) is 4.39 Å². The van der Waals surface area contributed by atoms with Crippen LogP contribution in [0.2, 0.25) is 5.02 Å². The van der Waals surface area contributed by atoms with Gasteiger partial charge in [-0.1, -0.05) is 11.6 Å². The van der Waals surface area contributed by atoms with Crippen LogP contribution in [0.5, 0.6) is 5.75 Å². The van der Waals surface area contributed by atoms with Crippen LogP contribution in [0.1, 0.15) is 42.4 Å². The van der Waals surface area contributed by atoms with Gasteiger partial charge in [0.05, 0.1) is 32.1 Å². The summed E-state index contributed by atoms with van der Waals surface area (Å²) in [6.45, 7) is 4.68. The predicted octanol–water partition coefficient (Wildman–Crippen LogP) is 3.95. The van der Waals surface area contributed by atoms with Gasteiger partial charge in [0.1, 0.15) is 11.6 Å². The molecule has 0 radical (unpaired) electrons. The number of nitrogens with zero attached hydrogens (tertiary/aromatic N) is 6. The predicted molar refractivity (Wildman–Crippen MR) is 130 cm³/mol. The lowest BCUT2D eigenvalue weighted by molar-refractivity contribution is 0.133. The molecule has 0 amide bonds. The lowest BCUT2D eigenvalue weighted by atomic mass is 9.95. The molecule has 0 bridgehead atoms. The number of hydrogen-bond acceptors (Lipinski definition) is 7. The summed E-state index contributed by atoms with van der Waals surface area (Å²) >= 11 is 6.40. The van der Waals surface area contributed by atoms with Crippen molar-refractivity contribution in [1.82, 2.24) is 24.6 Å². The molecule has 35 heavy (non-hydrogen) atoms. The van der Waals surface area contributed by atoms with E-state index in [0.29, 0.717) is 6.04 Å². The molecule has 2 aromatic heterocycles. The smallest absolute Gasteiger partial charge is 0.183 e. The summed E-state index contributed by atoms with van der Waals surface area (Å²) in [7, 11) is 1.47. The van der Waals surface area contributed by atoms with Gasteiger partial charge in [-0.2, -0.15) is 0 Å². The van der Waals surface area contributed by atoms with Gasteiger partial charge < -0.3 is 14.4 Å². The molecule has 1 aromatic carbocycles. The van der Waals surface area contributed by atoms with Gasteiger partial charge in [-0.3, -0.25) is 9.47 Å². The van der Waals surface area contributed by atoms with Gasteiger partial charge in [0.15, 0.2) is 17.4 Å². The van der Waals surface area contributed by atoms with Crippen LogP contribution in [0, 0.1) is 5.82 Å². The molecule has 1 atom stereocenters. The largest absolute Gasteiger partial charge is 0.493 e. The quantitative estimate of drug-likeness (QED) is 0.539. The molecule has 184 valence electrons. The molecule has 2 saturated heterocycles. The second kappa shape index (κ2) is 9.37. The van der Waals surface area contributed by atoms with E-state index in [1.54, 1.807) is 6.07 Å². The lowest BCUT2D eigenvalue weighted by Crippen LogP contribution is -2.34. The monoisotopic (exact) mass is 498 g/mol. The molecule has 0 aliphatic carbocycles. The highest BCUT2D eigenvalue weighted by atomic mass is 35.5. The zero-order valence-electron chi connectivity index (χ0n) is 19.7. The SMILES string of the molecule is COc1cc(N2CCC(c3nnc4n3-c3ccc(Cl)cc3CN([C@H]3CCOC3)C4)CC2)ncc1F. The normalized spacial score (nSPS) is 21.0. The highest BCUT2D eigenvalue weighted by Crippen LogP contribution is 2.35. The van der Waals surface area contributed by atoms with Gasteiger partial charge in [0.25, 0.3) is 0 Å². The number of pyridine rings is 1. The Kier molecular flexibility index (Phi) is 6.07. The van der Waals surface area contributed by atoms with Crippen molar-refractivity contribution in [1.29, 1.82) is 0 Å². The molecule has 3 aliphatic rings. The highest BCUT2D eigenvalue weighted by Gasteiger charge is 2.33. The van der Waals surface area contributed by atoms with Gasteiger partial charge in [-0.25, -0.2) is 9.37 Å². The first-order chi connectivity index (χ1) is 17.1. The Morgan fingerprint density at radius 2 is 1.97 bits per heavy atom. The van der Waals surface area contributed by atoms with Crippen LogP contribution in [-0.2, 0) is 17.8 Å². The number of benzene rings is 1. The van der Waals surface area contributed by atoms with Gasteiger partial charge in [-0.05, 0) is 43.0 Å². The minimum atomic E-state index is -0.450. The minimum absolute atomic E-state index is 0.215. The molecule has 0 saturated carbocycles. The third kappa shape index (κ3) is 4.26. The second-order valence-electron chi connectivity index (χ2n) is 9.44. The third-order valence-corrected chi connectivity index (χ3v) is 7.62. The van der Waals surface area contributed by atoms with E-state index >= 15 is 0 Å². The average Bonchev–Trinajstić information content (AvgIpc) is 3.52. The van der Waals surface area contributed by atoms with Gasteiger partial charge in [0.2, 0.25) is 0 Å². The van der Waals surface area contributed by atoms with Crippen molar-refractivity contribution in [2.45, 2.75) is 44.3 Å². The molecular formula is C25H28ClFN6O2. The third-order valence-electron chi connectivity index (χ3n) is 7.39. The molecule has 0 spiro atoms. The number of methoxy groups -OCH3 is 1. The fourth-order valence-corrected chi connectivity index (χ4v) is 5.68. The number of aromatic nitrogens is 4. The summed E-state index contributed by atoms with van der Waals surface area (Å²) in [5.74, 6) is 2.72. The first-order valence-corrected chi connectivity index (χ1v) is 12.5. The van der Waals surface area contributed by atoms with Crippen molar-refractivity contribution in [3.8, 4) is 11.4 Å². The first kappa shape index (κ1) is 22.7. The maximum absolute atomic E-state index is 13.8. The zero-order valence-corrected chi connectivity index (χ0v) is 20.4. The van der Waals surface area contributed by atoms with Crippen LogP contribution in [-0.4, -0.2) is 64.1 Å². The summed E-state index contributed by atoms with van der Waals surface area (Å²) in [5, 5.41) is 10.1. The van der Waals surface area contributed by atoms with E-state index in [0.717, 1.165) is 86.8 Å². The molecule has 0 N–H and O–H groups in total. The van der Waals surface area contributed by atoms with Gasteiger partial charge >= 0.3 is 0 Å². The van der Waals surface area contributed by atoms with Crippen LogP contribution < -0.4 is 9.64 Å². The van der Waals surface area contributed by atoms with E-state index in [-0.39, 0.29) is 11.7 Å². The molecule has 3 aromatic rings. The topological polar surface area (TPSA) is 68.5 Å². The van der Waals surface area contributed by atoms with E-state index in [1.807, 2.05) is 6.07 Å². The van der Waals surface area contributed by atoms with Crippen molar-refractivity contribution in [2.75, 3.05) is 38.3 Å². The number of rotatable bonds is 4. The highest BCUT2D eigenvalue weighted by molar-refractivity contribution is 6.30. The molecule has 5 heterocycles. The molecule has 0 unspecified atom stereocenters. The van der Waals surface area contributed by atoms with E-state index < -0.39 is 5.82 Å². The Hall–Kier alpha value is -2.75. The zero-order chi connectivity index (χ0) is 23.9.